The third kappa shape index (κ3) is 3.19. The Morgan fingerprint density at radius 2 is 1.84 bits per heavy atom. The van der Waals surface area contributed by atoms with Crippen LogP contribution >= 0.6 is 23.2 Å². The molecule has 0 unspecified atom stereocenters. The van der Waals surface area contributed by atoms with E-state index >= 15 is 0 Å². The second kappa shape index (κ2) is 6.54. The van der Waals surface area contributed by atoms with Crippen LogP contribution in [0.4, 0.5) is 11.4 Å². The van der Waals surface area contributed by atoms with Crippen LogP contribution in [-0.2, 0) is 4.79 Å². The molecule has 1 N–H and O–H groups in total. The van der Waals surface area contributed by atoms with Crippen molar-refractivity contribution in [2.45, 2.75) is 0 Å². The van der Waals surface area contributed by atoms with Crippen LogP contribution in [0.3, 0.4) is 0 Å². The molecule has 0 atom stereocenters. The van der Waals surface area contributed by atoms with Crippen molar-refractivity contribution >= 4 is 52.5 Å². The van der Waals surface area contributed by atoms with Gasteiger partial charge in [0.25, 0.3) is 11.6 Å². The van der Waals surface area contributed by atoms with E-state index in [2.05, 4.69) is 5.10 Å². The van der Waals surface area contributed by atoms with Gasteiger partial charge in [-0.1, -0.05) is 41.4 Å². The average Bonchev–Trinajstić information content (AvgIpc) is 2.85. The first-order valence-corrected chi connectivity index (χ1v) is 7.66. The lowest BCUT2D eigenvalue weighted by Gasteiger charge is -2.10. The molecule has 9 heteroatoms. The highest BCUT2D eigenvalue weighted by atomic mass is 35.5. The number of amides is 1. The van der Waals surface area contributed by atoms with Gasteiger partial charge in [-0.15, -0.1) is 5.10 Å². The average molecular weight is 378 g/mol. The molecule has 2 aromatic carbocycles. The van der Waals surface area contributed by atoms with Crippen LogP contribution < -0.4 is 5.01 Å². The molecule has 126 valence electrons. The molecule has 25 heavy (non-hydrogen) atoms. The van der Waals surface area contributed by atoms with Crippen LogP contribution in [0.5, 0.6) is 0 Å². The number of anilines is 1. The molecule has 0 radical (unpaired) electrons. The summed E-state index contributed by atoms with van der Waals surface area (Å²) in [6.07, 6.45) is 1.23. The zero-order chi connectivity index (χ0) is 18.1. The van der Waals surface area contributed by atoms with E-state index in [4.69, 9.17) is 23.2 Å². The van der Waals surface area contributed by atoms with Crippen LogP contribution in [0, 0.1) is 10.1 Å². The standard InChI is InChI=1S/C16H9Cl2N3O4/c17-12-8-13(18)14(21(24)25)7-9(12)6-11-15(22)19-20(16(11)23)10-4-2-1-3-5-10/h1-8H,(H,19,22)/b11-6-. The van der Waals surface area contributed by atoms with E-state index in [1.807, 2.05) is 0 Å². The van der Waals surface area contributed by atoms with Crippen molar-refractivity contribution in [3.05, 3.63) is 73.8 Å². The van der Waals surface area contributed by atoms with Gasteiger partial charge in [0.1, 0.15) is 10.6 Å². The molecule has 0 fully saturated rings. The van der Waals surface area contributed by atoms with Crippen LogP contribution in [0.25, 0.3) is 6.08 Å². The lowest BCUT2D eigenvalue weighted by molar-refractivity contribution is -0.384. The quantitative estimate of drug-likeness (QED) is 0.492. The van der Waals surface area contributed by atoms with Crippen molar-refractivity contribution in [2.24, 2.45) is 5.10 Å². The lowest BCUT2D eigenvalue weighted by Crippen LogP contribution is -2.21. The maximum absolute atomic E-state index is 12.5. The van der Waals surface area contributed by atoms with Gasteiger partial charge in [0.15, 0.2) is 0 Å². The van der Waals surface area contributed by atoms with E-state index in [-0.39, 0.29) is 26.9 Å². The van der Waals surface area contributed by atoms with Gasteiger partial charge in [0, 0.05) is 16.7 Å². The van der Waals surface area contributed by atoms with Crippen LogP contribution in [0.15, 0.2) is 53.1 Å². The number of nitrogens with zero attached hydrogens (tertiary/aromatic N) is 3. The number of rotatable bonds is 3. The summed E-state index contributed by atoms with van der Waals surface area (Å²) in [5.74, 6) is -1.10. The zero-order valence-electron chi connectivity index (χ0n) is 12.4. The van der Waals surface area contributed by atoms with Gasteiger partial charge < -0.3 is 5.11 Å². The third-order valence-electron chi connectivity index (χ3n) is 3.42. The predicted octanol–water partition coefficient (Wildman–Crippen LogP) is 4.20. The Morgan fingerprint density at radius 3 is 2.48 bits per heavy atom. The van der Waals surface area contributed by atoms with Crippen LogP contribution in [0.2, 0.25) is 10.0 Å². The summed E-state index contributed by atoms with van der Waals surface area (Å²) in [7, 11) is 0. The van der Waals surface area contributed by atoms with Crippen molar-refractivity contribution in [1.82, 2.24) is 0 Å². The van der Waals surface area contributed by atoms with Gasteiger partial charge >= 0.3 is 0 Å². The van der Waals surface area contributed by atoms with E-state index in [1.165, 1.54) is 12.1 Å². The van der Waals surface area contributed by atoms with Crippen molar-refractivity contribution in [1.29, 1.82) is 0 Å². The highest BCUT2D eigenvalue weighted by Crippen LogP contribution is 2.33. The number of aliphatic hydroxyl groups excluding tert-OH is 1. The maximum Gasteiger partial charge on any atom is 0.288 e. The SMILES string of the molecule is O=C1/C(=C\c2cc([N+](=O)[O-])c(Cl)cc2Cl)C(O)=NN1c1ccccc1. The fraction of sp³-hybridized carbons (Fsp3) is 0. The predicted molar refractivity (Wildman–Crippen MR) is 95.1 cm³/mol. The highest BCUT2D eigenvalue weighted by Gasteiger charge is 2.31. The Labute approximate surface area is 151 Å². The molecule has 1 aliphatic heterocycles. The molecule has 0 aromatic heterocycles. The normalized spacial score (nSPS) is 15.6. The number of aliphatic hydroxyl groups is 1. The largest absolute Gasteiger partial charge is 0.492 e. The van der Waals surface area contributed by atoms with Crippen LogP contribution in [0.1, 0.15) is 5.56 Å². The Hall–Kier alpha value is -2.90. The van der Waals surface area contributed by atoms with Crippen LogP contribution in [-0.4, -0.2) is 21.8 Å². The summed E-state index contributed by atoms with van der Waals surface area (Å²) < 4.78 is 0. The summed E-state index contributed by atoms with van der Waals surface area (Å²) in [5.41, 5.74) is 0.135. The van der Waals surface area contributed by atoms with E-state index < -0.39 is 16.7 Å². The number of hydrogen-bond acceptors (Lipinski definition) is 4. The molecule has 0 spiro atoms. The third-order valence-corrected chi connectivity index (χ3v) is 4.05. The number of benzene rings is 2. The number of hydrazone groups is 1. The number of nitro benzene ring substituents is 1. The molecule has 7 nitrogen and oxygen atoms in total. The smallest absolute Gasteiger partial charge is 0.288 e. The molecule has 0 saturated heterocycles. The fourth-order valence-electron chi connectivity index (χ4n) is 2.23. The molecule has 1 amide bonds. The summed E-state index contributed by atoms with van der Waals surface area (Å²) in [5, 5.41) is 25.8. The minimum atomic E-state index is -0.665. The monoisotopic (exact) mass is 377 g/mol. The van der Waals surface area contributed by atoms with Crippen molar-refractivity contribution < 1.29 is 14.8 Å². The van der Waals surface area contributed by atoms with Gasteiger partial charge in [0.2, 0.25) is 5.90 Å². The Bertz CT molecular complexity index is 942. The Balaban J connectivity index is 2.03. The first-order chi connectivity index (χ1) is 11.9. The van der Waals surface area contributed by atoms with Gasteiger partial charge in [-0.3, -0.25) is 14.9 Å². The molecular formula is C16H9Cl2N3O4. The van der Waals surface area contributed by atoms with E-state index in [9.17, 15) is 20.0 Å². The van der Waals surface area contributed by atoms with Gasteiger partial charge in [0.05, 0.1) is 10.6 Å². The minimum Gasteiger partial charge on any atom is -0.492 e. The van der Waals surface area contributed by atoms with Crippen molar-refractivity contribution in [3.63, 3.8) is 0 Å². The second-order valence-corrected chi connectivity index (χ2v) is 5.83. The number of halogens is 2. The van der Waals surface area contributed by atoms with Crippen molar-refractivity contribution in [3.8, 4) is 0 Å². The number of carbonyl (C=O) groups excluding carboxylic acids is 1. The lowest BCUT2D eigenvalue weighted by atomic mass is 10.1. The molecule has 3 rings (SSSR count). The zero-order valence-corrected chi connectivity index (χ0v) is 13.9. The molecular weight excluding hydrogens is 369 g/mol. The molecule has 0 aliphatic carbocycles. The summed E-state index contributed by atoms with van der Waals surface area (Å²) in [6, 6.07) is 10.8. The van der Waals surface area contributed by atoms with Gasteiger partial charge in [-0.2, -0.15) is 5.01 Å². The fourth-order valence-corrected chi connectivity index (χ4v) is 2.74. The Kier molecular flexibility index (Phi) is 4.43. The minimum absolute atomic E-state index is 0.0989. The van der Waals surface area contributed by atoms with E-state index in [1.54, 1.807) is 30.3 Å². The van der Waals surface area contributed by atoms with Gasteiger partial charge in [-0.05, 0) is 24.3 Å². The Morgan fingerprint density at radius 1 is 1.16 bits per heavy atom. The first-order valence-electron chi connectivity index (χ1n) is 6.91. The number of hydrogen-bond donors (Lipinski definition) is 1. The molecule has 1 aliphatic rings. The molecule has 2 aromatic rings. The van der Waals surface area contributed by atoms with Gasteiger partial charge in [-0.25, -0.2) is 0 Å². The number of para-hydroxylation sites is 1. The van der Waals surface area contributed by atoms with E-state index in [0.717, 1.165) is 11.1 Å². The van der Waals surface area contributed by atoms with Crippen molar-refractivity contribution in [2.75, 3.05) is 5.01 Å². The number of carbonyl (C=O) groups is 1. The first kappa shape index (κ1) is 16.9. The maximum atomic E-state index is 12.5. The summed E-state index contributed by atoms with van der Waals surface area (Å²) in [4.78, 5) is 22.8. The van der Waals surface area contributed by atoms with E-state index in [0.29, 0.717) is 5.69 Å². The summed E-state index contributed by atoms with van der Waals surface area (Å²) >= 11 is 11.8. The topological polar surface area (TPSA) is 96.0 Å². The molecule has 1 heterocycles. The highest BCUT2D eigenvalue weighted by molar-refractivity contribution is 6.37. The second-order valence-electron chi connectivity index (χ2n) is 5.02. The molecule has 0 saturated carbocycles. The molecule has 0 bridgehead atoms. The summed E-state index contributed by atoms with van der Waals surface area (Å²) in [6.45, 7) is 0. The number of nitro groups is 1.